The standard InChI is InChI=1S/C25H27N3O4S/c29-24-22-19-5-6-20(15-19)23(22)25(30)28(24)14-11-26-9-12-27(13-10-26)33(31,32)21-8-7-17-3-1-2-4-18(17)16-21/h1-8,16,19-20,22-23H,9-15H2/p+1. The van der Waals surface area contributed by atoms with Crippen LogP contribution in [0.4, 0.5) is 0 Å². The van der Waals surface area contributed by atoms with Crippen LogP contribution in [-0.2, 0) is 19.6 Å². The minimum Gasteiger partial charge on any atom is -0.331 e. The number of nitrogens with zero attached hydrogens (tertiary/aromatic N) is 2. The fourth-order valence-electron chi connectivity index (χ4n) is 6.22. The Kier molecular flexibility index (Phi) is 4.94. The van der Waals surface area contributed by atoms with E-state index in [4.69, 9.17) is 0 Å². The number of carbonyl (C=O) groups is 2. The highest BCUT2D eigenvalue weighted by Crippen LogP contribution is 2.52. The molecule has 0 radical (unpaired) electrons. The Balaban J connectivity index is 1.07. The zero-order chi connectivity index (χ0) is 22.7. The molecule has 2 amide bonds. The van der Waals surface area contributed by atoms with Gasteiger partial charge in [-0.25, -0.2) is 8.42 Å². The van der Waals surface area contributed by atoms with E-state index in [2.05, 4.69) is 12.2 Å². The zero-order valence-electron chi connectivity index (χ0n) is 18.4. The van der Waals surface area contributed by atoms with Crippen molar-refractivity contribution in [3.63, 3.8) is 0 Å². The fraction of sp³-hybridized carbons (Fsp3) is 0.440. The van der Waals surface area contributed by atoms with Crippen molar-refractivity contribution in [1.29, 1.82) is 0 Å². The molecule has 7 nitrogen and oxygen atoms in total. The van der Waals surface area contributed by atoms with Gasteiger partial charge in [0.05, 0.1) is 56.0 Å². The van der Waals surface area contributed by atoms with Crippen LogP contribution in [0.1, 0.15) is 6.42 Å². The maximum Gasteiger partial charge on any atom is 0.243 e. The molecule has 4 aliphatic rings. The Morgan fingerprint density at radius 1 is 0.879 bits per heavy atom. The number of carbonyl (C=O) groups excluding carboxylic acids is 2. The van der Waals surface area contributed by atoms with E-state index in [0.29, 0.717) is 44.2 Å². The first-order valence-corrected chi connectivity index (χ1v) is 13.2. The first-order valence-electron chi connectivity index (χ1n) is 11.8. The molecule has 2 aliphatic carbocycles. The van der Waals surface area contributed by atoms with Gasteiger partial charge in [0.1, 0.15) is 0 Å². The topological polar surface area (TPSA) is 79.2 Å². The summed E-state index contributed by atoms with van der Waals surface area (Å²) in [4.78, 5) is 28.8. The van der Waals surface area contributed by atoms with E-state index in [1.54, 1.807) is 16.4 Å². The summed E-state index contributed by atoms with van der Waals surface area (Å²) < 4.78 is 27.9. The van der Waals surface area contributed by atoms with Crippen molar-refractivity contribution in [2.45, 2.75) is 11.3 Å². The number of fused-ring (bicyclic) bond motifs is 6. The Labute approximate surface area is 193 Å². The fourth-order valence-corrected chi connectivity index (χ4v) is 7.70. The lowest BCUT2D eigenvalue weighted by molar-refractivity contribution is -0.902. The number of imide groups is 1. The molecular weight excluding hydrogens is 438 g/mol. The second kappa shape index (κ2) is 7.75. The second-order valence-corrected chi connectivity index (χ2v) is 11.7. The van der Waals surface area contributed by atoms with Crippen LogP contribution in [0.25, 0.3) is 10.8 Å². The van der Waals surface area contributed by atoms with Crippen molar-refractivity contribution < 1.29 is 22.9 Å². The van der Waals surface area contributed by atoms with E-state index in [9.17, 15) is 18.0 Å². The summed E-state index contributed by atoms with van der Waals surface area (Å²) in [6.07, 6.45) is 5.17. The molecule has 2 heterocycles. The van der Waals surface area contributed by atoms with E-state index < -0.39 is 10.0 Å². The highest BCUT2D eigenvalue weighted by Gasteiger charge is 2.59. The van der Waals surface area contributed by atoms with Gasteiger partial charge in [-0.05, 0) is 41.2 Å². The summed E-state index contributed by atoms with van der Waals surface area (Å²) in [6, 6.07) is 13.0. The molecule has 4 unspecified atom stereocenters. The molecule has 1 N–H and O–H groups in total. The molecule has 8 heteroatoms. The third kappa shape index (κ3) is 3.34. The summed E-state index contributed by atoms with van der Waals surface area (Å²) in [5.74, 6) is 0.172. The average molecular weight is 467 g/mol. The molecule has 6 rings (SSSR count). The van der Waals surface area contributed by atoms with Gasteiger partial charge in [-0.1, -0.05) is 42.5 Å². The minimum absolute atomic E-state index is 0.00114. The van der Waals surface area contributed by atoms with Crippen LogP contribution in [0, 0.1) is 23.7 Å². The molecule has 33 heavy (non-hydrogen) atoms. The maximum atomic E-state index is 13.2. The van der Waals surface area contributed by atoms with Crippen LogP contribution in [0.5, 0.6) is 0 Å². The molecular formula is C25H28N3O4S+. The number of amides is 2. The minimum atomic E-state index is -3.55. The van der Waals surface area contributed by atoms with Crippen LogP contribution in [0.15, 0.2) is 59.5 Å². The molecule has 2 aromatic rings. The van der Waals surface area contributed by atoms with E-state index in [-0.39, 0.29) is 35.5 Å². The summed E-state index contributed by atoms with van der Waals surface area (Å²) in [7, 11) is -3.55. The molecule has 2 bridgehead atoms. The predicted octanol–water partition coefficient (Wildman–Crippen LogP) is 0.536. The molecule has 2 aromatic carbocycles. The number of hydrogen-bond acceptors (Lipinski definition) is 4. The van der Waals surface area contributed by atoms with E-state index >= 15 is 0 Å². The second-order valence-electron chi connectivity index (χ2n) is 9.74. The first-order chi connectivity index (χ1) is 15.9. The van der Waals surface area contributed by atoms with E-state index in [0.717, 1.165) is 17.2 Å². The van der Waals surface area contributed by atoms with Gasteiger partial charge in [0.15, 0.2) is 0 Å². The molecule has 2 aliphatic heterocycles. The highest BCUT2D eigenvalue weighted by molar-refractivity contribution is 7.89. The molecule has 0 aromatic heterocycles. The molecule has 1 saturated carbocycles. The van der Waals surface area contributed by atoms with Crippen LogP contribution in [0.2, 0.25) is 0 Å². The summed E-state index contributed by atoms with van der Waals surface area (Å²) in [6.45, 7) is 3.31. The summed E-state index contributed by atoms with van der Waals surface area (Å²) in [5, 5.41) is 1.93. The normalized spacial score (nSPS) is 30.0. The lowest BCUT2D eigenvalue weighted by atomic mass is 9.85. The first kappa shape index (κ1) is 21.0. The van der Waals surface area contributed by atoms with Crippen molar-refractivity contribution >= 4 is 32.6 Å². The van der Waals surface area contributed by atoms with Crippen LogP contribution >= 0.6 is 0 Å². The number of quaternary nitrogens is 1. The number of hydrogen-bond donors (Lipinski definition) is 1. The number of benzene rings is 2. The van der Waals surface area contributed by atoms with Crippen LogP contribution < -0.4 is 4.90 Å². The smallest absolute Gasteiger partial charge is 0.243 e. The Hall–Kier alpha value is -2.55. The Morgan fingerprint density at radius 3 is 2.18 bits per heavy atom. The molecule has 2 saturated heterocycles. The lowest BCUT2D eigenvalue weighted by Gasteiger charge is -2.32. The number of allylic oxidation sites excluding steroid dienone is 2. The number of piperazine rings is 1. The number of sulfonamides is 1. The summed E-state index contributed by atoms with van der Waals surface area (Å²) >= 11 is 0. The summed E-state index contributed by atoms with van der Waals surface area (Å²) in [5.41, 5.74) is 0. The maximum absolute atomic E-state index is 13.2. The van der Waals surface area contributed by atoms with Gasteiger partial charge >= 0.3 is 0 Å². The monoisotopic (exact) mass is 466 g/mol. The van der Waals surface area contributed by atoms with Gasteiger partial charge in [-0.2, -0.15) is 4.31 Å². The SMILES string of the molecule is O=C1C2C3C=CC(C3)C2C(=O)N1CC[NH+]1CCN(S(=O)(=O)c2ccc3ccccc3c2)CC1. The Morgan fingerprint density at radius 2 is 1.52 bits per heavy atom. The van der Waals surface area contributed by atoms with Crippen LogP contribution in [-0.4, -0.2) is 68.7 Å². The zero-order valence-corrected chi connectivity index (χ0v) is 19.2. The third-order valence-corrected chi connectivity index (χ3v) is 9.93. The molecule has 0 spiro atoms. The van der Waals surface area contributed by atoms with Gasteiger partial charge in [0.2, 0.25) is 21.8 Å². The molecule has 4 atom stereocenters. The number of rotatable bonds is 5. The Bertz CT molecular complexity index is 1240. The molecule has 3 fully saturated rings. The van der Waals surface area contributed by atoms with Gasteiger partial charge in [-0.15, -0.1) is 0 Å². The van der Waals surface area contributed by atoms with Crippen LogP contribution in [0.3, 0.4) is 0 Å². The number of nitrogens with one attached hydrogen (secondary N) is 1. The lowest BCUT2D eigenvalue weighted by Crippen LogP contribution is -3.15. The predicted molar refractivity (Wildman–Crippen MR) is 123 cm³/mol. The van der Waals surface area contributed by atoms with E-state index in [1.807, 2.05) is 30.3 Å². The quantitative estimate of drug-likeness (QED) is 0.515. The van der Waals surface area contributed by atoms with Gasteiger partial charge in [-0.3, -0.25) is 14.5 Å². The van der Waals surface area contributed by atoms with Crippen molar-refractivity contribution in [3.8, 4) is 0 Å². The van der Waals surface area contributed by atoms with Gasteiger partial charge < -0.3 is 4.90 Å². The van der Waals surface area contributed by atoms with Gasteiger partial charge in [0, 0.05) is 0 Å². The van der Waals surface area contributed by atoms with Crippen molar-refractivity contribution in [3.05, 3.63) is 54.6 Å². The van der Waals surface area contributed by atoms with Crippen molar-refractivity contribution in [2.24, 2.45) is 23.7 Å². The van der Waals surface area contributed by atoms with Gasteiger partial charge in [0.25, 0.3) is 0 Å². The molecule has 172 valence electrons. The van der Waals surface area contributed by atoms with Crippen molar-refractivity contribution in [1.82, 2.24) is 9.21 Å². The van der Waals surface area contributed by atoms with Crippen molar-refractivity contribution in [2.75, 3.05) is 39.3 Å². The third-order valence-electron chi connectivity index (χ3n) is 8.04. The number of likely N-dealkylation sites (tertiary alicyclic amines) is 1. The average Bonchev–Trinajstić information content (AvgIpc) is 3.52. The largest absolute Gasteiger partial charge is 0.331 e. The van der Waals surface area contributed by atoms with E-state index in [1.165, 1.54) is 9.80 Å². The highest BCUT2D eigenvalue weighted by atomic mass is 32.2.